The lowest BCUT2D eigenvalue weighted by Crippen LogP contribution is -2.12. The van der Waals surface area contributed by atoms with Gasteiger partial charge in [0.05, 0.1) is 12.0 Å². The molecule has 3 heterocycles. The summed E-state index contributed by atoms with van der Waals surface area (Å²) in [5.74, 6) is 2.12. The van der Waals surface area contributed by atoms with Crippen molar-refractivity contribution in [2.75, 3.05) is 0 Å². The monoisotopic (exact) mass is 334 g/mol. The summed E-state index contributed by atoms with van der Waals surface area (Å²) in [6.07, 6.45) is 2.25. The van der Waals surface area contributed by atoms with Crippen LogP contribution in [-0.2, 0) is 24.0 Å². The maximum absolute atomic E-state index is 10.8. The van der Waals surface area contributed by atoms with Crippen molar-refractivity contribution in [3.63, 3.8) is 0 Å². The lowest BCUT2D eigenvalue weighted by Gasteiger charge is -2.01. The number of thioether (sulfide) groups is 1. The molecule has 9 nitrogen and oxygen atoms in total. The fourth-order valence-electron chi connectivity index (χ4n) is 1.86. The van der Waals surface area contributed by atoms with Crippen molar-refractivity contribution in [2.24, 2.45) is 12.8 Å². The Hall–Kier alpha value is -2.62. The van der Waals surface area contributed by atoms with Crippen LogP contribution in [0.15, 0.2) is 32.4 Å². The van der Waals surface area contributed by atoms with E-state index in [0.717, 1.165) is 0 Å². The summed E-state index contributed by atoms with van der Waals surface area (Å²) >= 11 is 1.41. The van der Waals surface area contributed by atoms with Gasteiger partial charge in [-0.05, 0) is 12.1 Å². The summed E-state index contributed by atoms with van der Waals surface area (Å²) in [6, 6.07) is 3.50. The van der Waals surface area contributed by atoms with Gasteiger partial charge in [0.1, 0.15) is 5.82 Å². The Kier molecular flexibility index (Phi) is 4.42. The third-order valence-corrected chi connectivity index (χ3v) is 4.05. The highest BCUT2D eigenvalue weighted by molar-refractivity contribution is 7.98. The number of carbonyl (C=O) groups is 1. The Labute approximate surface area is 135 Å². The molecule has 0 bridgehead atoms. The smallest absolute Gasteiger partial charge is 0.283 e. The van der Waals surface area contributed by atoms with E-state index in [1.807, 2.05) is 11.6 Å². The fourth-order valence-corrected chi connectivity index (χ4v) is 2.63. The summed E-state index contributed by atoms with van der Waals surface area (Å²) in [5.41, 5.74) is 5.14. The Balaban J connectivity index is 1.61. The second-order valence-electron chi connectivity index (χ2n) is 4.69. The highest BCUT2D eigenvalue weighted by atomic mass is 32.2. The minimum Gasteiger partial charge on any atom is -0.459 e. The van der Waals surface area contributed by atoms with Gasteiger partial charge in [0.25, 0.3) is 5.89 Å². The maximum atomic E-state index is 10.8. The number of aryl methyl sites for hydroxylation is 1. The van der Waals surface area contributed by atoms with Crippen LogP contribution in [-0.4, -0.2) is 30.9 Å². The molecule has 2 N–H and O–H groups in total. The second-order valence-corrected chi connectivity index (χ2v) is 5.63. The van der Waals surface area contributed by atoms with Crippen LogP contribution in [0.1, 0.15) is 18.1 Å². The molecule has 0 aromatic carbocycles. The van der Waals surface area contributed by atoms with Gasteiger partial charge < -0.3 is 19.1 Å². The number of carbonyl (C=O) groups excluding carboxylic acids is 1. The van der Waals surface area contributed by atoms with E-state index >= 15 is 0 Å². The van der Waals surface area contributed by atoms with E-state index in [4.69, 9.17) is 14.6 Å². The molecule has 0 fully saturated rings. The van der Waals surface area contributed by atoms with E-state index in [-0.39, 0.29) is 12.3 Å². The first-order valence-corrected chi connectivity index (χ1v) is 7.77. The molecule has 0 aliphatic heterocycles. The van der Waals surface area contributed by atoms with E-state index in [1.54, 1.807) is 18.4 Å². The predicted octanol–water partition coefficient (Wildman–Crippen LogP) is 1.17. The van der Waals surface area contributed by atoms with Gasteiger partial charge in [0.15, 0.2) is 10.9 Å². The lowest BCUT2D eigenvalue weighted by atomic mass is 10.3. The Morgan fingerprint density at radius 1 is 1.35 bits per heavy atom. The summed E-state index contributed by atoms with van der Waals surface area (Å²) in [5, 5.41) is 16.7. The highest BCUT2D eigenvalue weighted by Gasteiger charge is 2.14. The van der Waals surface area contributed by atoms with Crippen molar-refractivity contribution in [3.8, 4) is 11.7 Å². The van der Waals surface area contributed by atoms with Crippen LogP contribution in [0.5, 0.6) is 0 Å². The van der Waals surface area contributed by atoms with Crippen LogP contribution in [0, 0.1) is 0 Å². The quantitative estimate of drug-likeness (QED) is 0.638. The van der Waals surface area contributed by atoms with Crippen molar-refractivity contribution in [1.82, 2.24) is 25.0 Å². The zero-order valence-electron chi connectivity index (χ0n) is 12.3. The Bertz CT molecular complexity index is 795. The van der Waals surface area contributed by atoms with Gasteiger partial charge in [-0.15, -0.1) is 20.4 Å². The average molecular weight is 334 g/mol. The van der Waals surface area contributed by atoms with Crippen LogP contribution in [0.2, 0.25) is 0 Å². The number of hydrogen-bond donors (Lipinski definition) is 1. The maximum Gasteiger partial charge on any atom is 0.283 e. The fraction of sp³-hybridized carbons (Fsp3) is 0.308. The molecule has 0 spiro atoms. The first kappa shape index (κ1) is 15.3. The summed E-state index contributed by atoms with van der Waals surface area (Å²) in [6.45, 7) is 0. The van der Waals surface area contributed by atoms with Crippen molar-refractivity contribution >= 4 is 17.7 Å². The number of amides is 1. The van der Waals surface area contributed by atoms with Crippen molar-refractivity contribution in [3.05, 3.63) is 30.1 Å². The van der Waals surface area contributed by atoms with Crippen LogP contribution in [0.3, 0.4) is 0 Å². The number of primary amides is 1. The minimum atomic E-state index is -0.362. The summed E-state index contributed by atoms with van der Waals surface area (Å²) in [4.78, 5) is 10.8. The van der Waals surface area contributed by atoms with Gasteiger partial charge in [0, 0.05) is 19.9 Å². The van der Waals surface area contributed by atoms with E-state index in [2.05, 4.69) is 20.4 Å². The summed E-state index contributed by atoms with van der Waals surface area (Å²) in [7, 11) is 1.83. The van der Waals surface area contributed by atoms with E-state index in [9.17, 15) is 4.79 Å². The first-order valence-electron chi connectivity index (χ1n) is 6.79. The molecule has 120 valence electrons. The molecule has 1 amide bonds. The Morgan fingerprint density at radius 2 is 2.22 bits per heavy atom. The van der Waals surface area contributed by atoms with E-state index in [1.165, 1.54) is 11.8 Å². The Morgan fingerprint density at radius 3 is 2.96 bits per heavy atom. The number of hydrogen-bond acceptors (Lipinski definition) is 8. The molecule has 3 aromatic rings. The summed E-state index contributed by atoms with van der Waals surface area (Å²) < 4.78 is 12.5. The van der Waals surface area contributed by atoms with Gasteiger partial charge in [-0.2, -0.15) is 0 Å². The molecule has 10 heteroatoms. The van der Waals surface area contributed by atoms with Gasteiger partial charge in [0.2, 0.25) is 11.8 Å². The number of rotatable bonds is 7. The molecule has 3 rings (SSSR count). The molecule has 0 saturated carbocycles. The first-order chi connectivity index (χ1) is 11.1. The largest absolute Gasteiger partial charge is 0.459 e. The van der Waals surface area contributed by atoms with Crippen LogP contribution in [0.25, 0.3) is 11.7 Å². The van der Waals surface area contributed by atoms with Crippen molar-refractivity contribution in [1.29, 1.82) is 0 Å². The zero-order valence-corrected chi connectivity index (χ0v) is 13.1. The van der Waals surface area contributed by atoms with Crippen LogP contribution < -0.4 is 5.73 Å². The number of nitrogens with zero attached hydrogens (tertiary/aromatic N) is 5. The predicted molar refractivity (Wildman–Crippen MR) is 80.1 cm³/mol. The molecule has 0 radical (unpaired) electrons. The molecule has 0 atom stereocenters. The van der Waals surface area contributed by atoms with Crippen LogP contribution >= 0.6 is 11.8 Å². The zero-order chi connectivity index (χ0) is 16.2. The van der Waals surface area contributed by atoms with Crippen LogP contribution in [0.4, 0.5) is 0 Å². The standard InChI is InChI=1S/C13H14N6O3S/c1-19-10(5-4-9(14)20)15-18-13(19)23-7-11-16-17-12(22-11)8-3-2-6-21-8/h2-3,6H,4-5,7H2,1H3,(H2,14,20). The molecular formula is C13H14N6O3S. The van der Waals surface area contributed by atoms with E-state index < -0.39 is 0 Å². The minimum absolute atomic E-state index is 0.243. The molecule has 0 aliphatic carbocycles. The molecular weight excluding hydrogens is 320 g/mol. The second kappa shape index (κ2) is 6.65. The third-order valence-electron chi connectivity index (χ3n) is 3.04. The van der Waals surface area contributed by atoms with Gasteiger partial charge in [-0.25, -0.2) is 0 Å². The molecule has 23 heavy (non-hydrogen) atoms. The normalized spacial score (nSPS) is 11.0. The number of nitrogens with two attached hydrogens (primary N) is 1. The number of aromatic nitrogens is 5. The molecule has 0 saturated heterocycles. The van der Waals surface area contributed by atoms with Crippen molar-refractivity contribution in [2.45, 2.75) is 23.8 Å². The average Bonchev–Trinajstić information content (AvgIpc) is 3.25. The SMILES string of the molecule is Cn1c(CCC(N)=O)nnc1SCc1nnc(-c2ccco2)o1. The third kappa shape index (κ3) is 3.59. The van der Waals surface area contributed by atoms with Gasteiger partial charge in [-0.3, -0.25) is 4.79 Å². The molecule has 0 aliphatic rings. The molecule has 3 aromatic heterocycles. The van der Waals surface area contributed by atoms with Gasteiger partial charge >= 0.3 is 0 Å². The number of furan rings is 1. The van der Waals surface area contributed by atoms with Crippen molar-refractivity contribution < 1.29 is 13.6 Å². The topological polar surface area (TPSA) is 126 Å². The van der Waals surface area contributed by atoms with Gasteiger partial charge in [-0.1, -0.05) is 11.8 Å². The van der Waals surface area contributed by atoms with E-state index in [0.29, 0.717) is 40.7 Å². The molecule has 0 unspecified atom stereocenters. The lowest BCUT2D eigenvalue weighted by molar-refractivity contribution is -0.118. The highest BCUT2D eigenvalue weighted by Crippen LogP contribution is 2.23.